The molecule has 1 aliphatic rings. The number of rotatable bonds is 5. The predicted molar refractivity (Wildman–Crippen MR) is 115 cm³/mol. The monoisotopic (exact) mass is 434 g/mol. The Hall–Kier alpha value is -3.85. The second-order valence-electron chi connectivity index (χ2n) is 7.53. The van der Waals surface area contributed by atoms with E-state index in [1.165, 1.54) is 12.1 Å². The van der Waals surface area contributed by atoms with Gasteiger partial charge in [-0.3, -0.25) is 15.1 Å². The SMILES string of the molecule is O=[N+]([O-])c1ccc(Oc2cc3cnn(C4CCCCO4)c3cc2-c2ccncc2)c(F)c1. The third-order valence-electron chi connectivity index (χ3n) is 5.46. The smallest absolute Gasteiger partial charge is 0.272 e. The fraction of sp³-hybridized carbons (Fsp3) is 0.217. The molecule has 3 heterocycles. The van der Waals surface area contributed by atoms with Gasteiger partial charge in [0.2, 0.25) is 0 Å². The molecule has 0 aliphatic carbocycles. The van der Waals surface area contributed by atoms with Crippen LogP contribution in [-0.4, -0.2) is 26.3 Å². The number of nitro groups is 1. The molecule has 0 spiro atoms. The zero-order valence-electron chi connectivity index (χ0n) is 17.0. The average Bonchev–Trinajstić information content (AvgIpc) is 3.23. The van der Waals surface area contributed by atoms with E-state index in [9.17, 15) is 14.5 Å². The summed E-state index contributed by atoms with van der Waals surface area (Å²) in [5.41, 5.74) is 2.08. The minimum atomic E-state index is -0.814. The molecule has 1 saturated heterocycles. The maximum Gasteiger partial charge on any atom is 0.272 e. The van der Waals surface area contributed by atoms with Crippen LogP contribution in [0, 0.1) is 15.9 Å². The van der Waals surface area contributed by atoms with Crippen molar-refractivity contribution in [1.29, 1.82) is 0 Å². The van der Waals surface area contributed by atoms with Crippen molar-refractivity contribution in [2.75, 3.05) is 6.61 Å². The molecule has 0 N–H and O–H groups in total. The molecule has 1 atom stereocenters. The van der Waals surface area contributed by atoms with Crippen LogP contribution in [0.25, 0.3) is 22.0 Å². The van der Waals surface area contributed by atoms with E-state index in [-0.39, 0.29) is 17.7 Å². The number of hydrogen-bond acceptors (Lipinski definition) is 6. The van der Waals surface area contributed by atoms with Crippen LogP contribution in [0.5, 0.6) is 11.5 Å². The molecule has 8 nitrogen and oxygen atoms in total. The molecule has 0 radical (unpaired) electrons. The van der Waals surface area contributed by atoms with Crippen molar-refractivity contribution in [2.45, 2.75) is 25.5 Å². The van der Waals surface area contributed by atoms with Crippen LogP contribution < -0.4 is 4.74 Å². The van der Waals surface area contributed by atoms with E-state index in [0.29, 0.717) is 12.4 Å². The molecule has 2 aromatic carbocycles. The van der Waals surface area contributed by atoms with Gasteiger partial charge in [0.1, 0.15) is 5.75 Å². The first-order valence-electron chi connectivity index (χ1n) is 10.3. The molecule has 1 aliphatic heterocycles. The number of halogens is 1. The lowest BCUT2D eigenvalue weighted by Gasteiger charge is -2.23. The van der Waals surface area contributed by atoms with Gasteiger partial charge in [-0.1, -0.05) is 0 Å². The summed E-state index contributed by atoms with van der Waals surface area (Å²) in [6, 6.07) is 10.7. The number of nitro benzene ring substituents is 1. The lowest BCUT2D eigenvalue weighted by Crippen LogP contribution is -2.18. The molecule has 9 heteroatoms. The third kappa shape index (κ3) is 3.78. The number of pyridine rings is 1. The highest BCUT2D eigenvalue weighted by Crippen LogP contribution is 2.39. The molecular weight excluding hydrogens is 415 g/mol. The highest BCUT2D eigenvalue weighted by molar-refractivity contribution is 5.88. The van der Waals surface area contributed by atoms with Crippen LogP contribution in [0.2, 0.25) is 0 Å². The number of non-ortho nitro benzene ring substituents is 1. The number of nitrogens with zero attached hydrogens (tertiary/aromatic N) is 4. The Morgan fingerprint density at radius 2 is 1.97 bits per heavy atom. The van der Waals surface area contributed by atoms with E-state index in [1.54, 1.807) is 24.7 Å². The predicted octanol–water partition coefficient (Wildman–Crippen LogP) is 5.64. The summed E-state index contributed by atoms with van der Waals surface area (Å²) in [5.74, 6) is -0.514. The number of hydrogen-bond donors (Lipinski definition) is 0. The van der Waals surface area contributed by atoms with Crippen molar-refractivity contribution < 1.29 is 18.8 Å². The van der Waals surface area contributed by atoms with E-state index in [4.69, 9.17) is 9.47 Å². The molecule has 2 aromatic heterocycles. The van der Waals surface area contributed by atoms with Crippen LogP contribution in [0.1, 0.15) is 25.5 Å². The van der Waals surface area contributed by atoms with E-state index >= 15 is 0 Å². The Kier molecular flexibility index (Phi) is 5.24. The summed E-state index contributed by atoms with van der Waals surface area (Å²) in [7, 11) is 0. The lowest BCUT2D eigenvalue weighted by atomic mass is 10.0. The second-order valence-corrected chi connectivity index (χ2v) is 7.53. The van der Waals surface area contributed by atoms with Gasteiger partial charge in [-0.2, -0.15) is 5.10 Å². The Balaban J connectivity index is 1.61. The maximum atomic E-state index is 14.5. The molecule has 0 amide bonds. The van der Waals surface area contributed by atoms with Gasteiger partial charge in [0.15, 0.2) is 17.8 Å². The van der Waals surface area contributed by atoms with Crippen LogP contribution in [0.3, 0.4) is 0 Å². The first-order chi connectivity index (χ1) is 15.6. The van der Waals surface area contributed by atoms with Crippen LogP contribution >= 0.6 is 0 Å². The first-order valence-corrected chi connectivity index (χ1v) is 10.3. The summed E-state index contributed by atoms with van der Waals surface area (Å²) in [6.45, 7) is 0.698. The Labute approximate surface area is 182 Å². The van der Waals surface area contributed by atoms with Gasteiger partial charge < -0.3 is 9.47 Å². The molecular formula is C23H19FN4O4. The Bertz CT molecular complexity index is 1290. The number of aromatic nitrogens is 3. The van der Waals surface area contributed by atoms with Crippen molar-refractivity contribution in [1.82, 2.24) is 14.8 Å². The van der Waals surface area contributed by atoms with E-state index in [2.05, 4.69) is 10.1 Å². The highest BCUT2D eigenvalue weighted by atomic mass is 19.1. The van der Waals surface area contributed by atoms with Gasteiger partial charge >= 0.3 is 0 Å². The van der Waals surface area contributed by atoms with Crippen molar-refractivity contribution >= 4 is 16.6 Å². The van der Waals surface area contributed by atoms with Crippen molar-refractivity contribution in [3.05, 3.63) is 77.0 Å². The average molecular weight is 434 g/mol. The van der Waals surface area contributed by atoms with E-state index in [1.807, 2.05) is 22.9 Å². The summed E-state index contributed by atoms with van der Waals surface area (Å²) in [6.07, 6.45) is 7.91. The largest absolute Gasteiger partial charge is 0.454 e. The molecule has 1 fully saturated rings. The second kappa shape index (κ2) is 8.35. The number of benzene rings is 2. The van der Waals surface area contributed by atoms with Gasteiger partial charge in [0.05, 0.1) is 22.7 Å². The summed E-state index contributed by atoms with van der Waals surface area (Å²) in [5, 5.41) is 16.3. The van der Waals surface area contributed by atoms with E-state index in [0.717, 1.165) is 47.4 Å². The van der Waals surface area contributed by atoms with Crippen molar-refractivity contribution in [3.63, 3.8) is 0 Å². The van der Waals surface area contributed by atoms with E-state index < -0.39 is 10.7 Å². The topological polar surface area (TPSA) is 92.3 Å². The minimum Gasteiger partial charge on any atom is -0.454 e. The van der Waals surface area contributed by atoms with Crippen LogP contribution in [0.4, 0.5) is 10.1 Å². The molecule has 4 aromatic rings. The first kappa shape index (κ1) is 20.1. The van der Waals surface area contributed by atoms with Gasteiger partial charge in [-0.15, -0.1) is 0 Å². The quantitative estimate of drug-likeness (QED) is 0.298. The fourth-order valence-electron chi connectivity index (χ4n) is 3.86. The number of ether oxygens (including phenoxy) is 2. The molecule has 162 valence electrons. The standard InChI is InChI=1S/C23H19FN4O4/c24-19-12-17(28(29)30)4-5-21(19)32-22-11-16-14-26-27(23-3-1-2-10-31-23)20(16)13-18(22)15-6-8-25-9-7-15/h4-9,11-14,23H,1-3,10H2. The molecule has 0 saturated carbocycles. The Morgan fingerprint density at radius 3 is 2.69 bits per heavy atom. The van der Waals surface area contributed by atoms with Crippen LogP contribution in [-0.2, 0) is 4.74 Å². The Morgan fingerprint density at radius 1 is 1.12 bits per heavy atom. The summed E-state index contributed by atoms with van der Waals surface area (Å²) in [4.78, 5) is 14.3. The van der Waals surface area contributed by atoms with Gasteiger partial charge in [-0.25, -0.2) is 9.07 Å². The molecule has 0 bridgehead atoms. The van der Waals surface area contributed by atoms with Gasteiger partial charge in [0, 0.05) is 36.0 Å². The van der Waals surface area contributed by atoms with Crippen LogP contribution in [0.15, 0.2) is 61.1 Å². The maximum absolute atomic E-state index is 14.5. The van der Waals surface area contributed by atoms with Crippen molar-refractivity contribution in [3.8, 4) is 22.6 Å². The normalized spacial score (nSPS) is 16.2. The minimum absolute atomic E-state index is 0.103. The molecule has 32 heavy (non-hydrogen) atoms. The highest BCUT2D eigenvalue weighted by Gasteiger charge is 2.21. The summed E-state index contributed by atoms with van der Waals surface area (Å²) >= 11 is 0. The number of fused-ring (bicyclic) bond motifs is 1. The fourth-order valence-corrected chi connectivity index (χ4v) is 3.86. The van der Waals surface area contributed by atoms with Crippen molar-refractivity contribution in [2.24, 2.45) is 0 Å². The third-order valence-corrected chi connectivity index (χ3v) is 5.46. The molecule has 5 rings (SSSR count). The zero-order valence-corrected chi connectivity index (χ0v) is 17.0. The van der Waals surface area contributed by atoms with Gasteiger partial charge in [0.25, 0.3) is 5.69 Å². The zero-order chi connectivity index (χ0) is 22.1. The molecule has 1 unspecified atom stereocenters. The summed E-state index contributed by atoms with van der Waals surface area (Å²) < 4.78 is 28.2. The van der Waals surface area contributed by atoms with Gasteiger partial charge in [-0.05, 0) is 55.2 Å². The lowest BCUT2D eigenvalue weighted by molar-refractivity contribution is -0.385.